The first kappa shape index (κ1) is 14.9. The highest BCUT2D eigenvalue weighted by molar-refractivity contribution is 5.68. The van der Waals surface area contributed by atoms with Gasteiger partial charge in [0, 0.05) is 19.0 Å². The highest BCUT2D eigenvalue weighted by Gasteiger charge is 2.33. The predicted octanol–water partition coefficient (Wildman–Crippen LogP) is 3.15. The van der Waals surface area contributed by atoms with Crippen LogP contribution in [0.5, 0.6) is 0 Å². The third kappa shape index (κ3) is 3.94. The quantitative estimate of drug-likeness (QED) is 0.670. The molecule has 0 saturated carbocycles. The minimum absolute atomic E-state index is 0.207. The number of hydrogen-bond donors (Lipinski definition) is 0. The Bertz CT molecular complexity index is 337. The smallest absolute Gasteiger partial charge is 0.410 e. The van der Waals surface area contributed by atoms with E-state index >= 15 is 0 Å². The van der Waals surface area contributed by atoms with E-state index in [-0.39, 0.29) is 12.0 Å². The van der Waals surface area contributed by atoms with Gasteiger partial charge in [0.25, 0.3) is 0 Å². The van der Waals surface area contributed by atoms with Crippen LogP contribution in [-0.2, 0) is 4.74 Å². The molecule has 102 valence electrons. The van der Waals surface area contributed by atoms with Crippen molar-refractivity contribution in [1.29, 1.82) is 0 Å². The van der Waals surface area contributed by atoms with E-state index in [1.54, 1.807) is 4.90 Å². The number of carbonyl (C=O) groups is 1. The molecule has 3 unspecified atom stereocenters. The lowest BCUT2D eigenvalue weighted by Gasteiger charge is -2.38. The molecule has 0 N–H and O–H groups in total. The van der Waals surface area contributed by atoms with Gasteiger partial charge in [0.1, 0.15) is 5.60 Å². The summed E-state index contributed by atoms with van der Waals surface area (Å²) in [4.78, 5) is 13.8. The summed E-state index contributed by atoms with van der Waals surface area (Å²) in [5.74, 6) is 4.03. The van der Waals surface area contributed by atoms with E-state index < -0.39 is 5.60 Å². The van der Waals surface area contributed by atoms with E-state index in [2.05, 4.69) is 19.8 Å². The van der Waals surface area contributed by atoms with Crippen LogP contribution in [0.2, 0.25) is 0 Å². The topological polar surface area (TPSA) is 29.5 Å². The van der Waals surface area contributed by atoms with Gasteiger partial charge in [0.2, 0.25) is 0 Å². The maximum atomic E-state index is 12.0. The SMILES string of the molecule is C#CC(C)C1CCN(C(=O)OC(C)(C)C)CC1C. The number of amides is 1. The highest BCUT2D eigenvalue weighted by Crippen LogP contribution is 2.30. The summed E-state index contributed by atoms with van der Waals surface area (Å²) in [6.45, 7) is 11.4. The first-order chi connectivity index (χ1) is 8.24. The van der Waals surface area contributed by atoms with Crippen LogP contribution in [0.15, 0.2) is 0 Å². The second kappa shape index (κ2) is 5.65. The van der Waals surface area contributed by atoms with Crippen molar-refractivity contribution in [2.24, 2.45) is 17.8 Å². The van der Waals surface area contributed by atoms with Gasteiger partial charge in [-0.2, -0.15) is 0 Å². The van der Waals surface area contributed by atoms with Crippen molar-refractivity contribution >= 4 is 6.09 Å². The van der Waals surface area contributed by atoms with Gasteiger partial charge in [-0.15, -0.1) is 12.3 Å². The minimum Gasteiger partial charge on any atom is -0.444 e. The molecule has 3 nitrogen and oxygen atoms in total. The second-order valence-corrected chi connectivity index (χ2v) is 6.31. The lowest BCUT2D eigenvalue weighted by Crippen LogP contribution is -2.46. The molecular weight excluding hydrogens is 226 g/mol. The van der Waals surface area contributed by atoms with Crippen molar-refractivity contribution in [3.8, 4) is 12.3 Å². The van der Waals surface area contributed by atoms with Crippen molar-refractivity contribution < 1.29 is 9.53 Å². The van der Waals surface area contributed by atoms with Crippen LogP contribution in [0.4, 0.5) is 4.79 Å². The normalized spacial score (nSPS) is 26.3. The monoisotopic (exact) mass is 251 g/mol. The fourth-order valence-electron chi connectivity index (χ4n) is 2.52. The number of terminal acetylenes is 1. The van der Waals surface area contributed by atoms with E-state index in [1.807, 2.05) is 20.8 Å². The lowest BCUT2D eigenvalue weighted by molar-refractivity contribution is 0.00947. The summed E-state index contributed by atoms with van der Waals surface area (Å²) in [6.07, 6.45) is 6.24. The molecule has 0 aromatic heterocycles. The van der Waals surface area contributed by atoms with Crippen LogP contribution in [0.25, 0.3) is 0 Å². The van der Waals surface area contributed by atoms with Gasteiger partial charge in [0.05, 0.1) is 0 Å². The van der Waals surface area contributed by atoms with Gasteiger partial charge in [-0.3, -0.25) is 0 Å². The molecule has 3 heteroatoms. The third-order valence-electron chi connectivity index (χ3n) is 3.53. The van der Waals surface area contributed by atoms with Crippen LogP contribution in [0, 0.1) is 30.1 Å². The number of nitrogens with zero attached hydrogens (tertiary/aromatic N) is 1. The van der Waals surface area contributed by atoms with E-state index in [0.29, 0.717) is 11.8 Å². The average molecular weight is 251 g/mol. The van der Waals surface area contributed by atoms with Crippen LogP contribution in [-0.4, -0.2) is 29.7 Å². The Labute approximate surface area is 111 Å². The Balaban J connectivity index is 2.56. The number of hydrogen-bond acceptors (Lipinski definition) is 2. The van der Waals surface area contributed by atoms with Crippen LogP contribution in [0.1, 0.15) is 41.0 Å². The third-order valence-corrected chi connectivity index (χ3v) is 3.53. The summed E-state index contributed by atoms with van der Waals surface area (Å²) in [5.41, 5.74) is -0.427. The number of likely N-dealkylation sites (tertiary alicyclic amines) is 1. The molecule has 0 aromatic rings. The molecule has 1 amide bonds. The summed E-state index contributed by atoms with van der Waals surface area (Å²) in [6, 6.07) is 0. The zero-order chi connectivity index (χ0) is 13.9. The fraction of sp³-hybridized carbons (Fsp3) is 0.800. The number of carbonyl (C=O) groups excluding carboxylic acids is 1. The molecule has 1 heterocycles. The molecule has 1 rings (SSSR count). The van der Waals surface area contributed by atoms with E-state index in [1.165, 1.54) is 0 Å². The van der Waals surface area contributed by atoms with Crippen molar-refractivity contribution in [1.82, 2.24) is 4.90 Å². The van der Waals surface area contributed by atoms with E-state index in [9.17, 15) is 4.79 Å². The Hall–Kier alpha value is -1.17. The minimum atomic E-state index is -0.427. The van der Waals surface area contributed by atoms with Crippen molar-refractivity contribution in [2.45, 2.75) is 46.6 Å². The van der Waals surface area contributed by atoms with E-state index in [0.717, 1.165) is 19.5 Å². The van der Waals surface area contributed by atoms with Crippen molar-refractivity contribution in [3.05, 3.63) is 0 Å². The summed E-state index contributed by atoms with van der Waals surface area (Å²) >= 11 is 0. The summed E-state index contributed by atoms with van der Waals surface area (Å²) in [7, 11) is 0. The fourth-order valence-corrected chi connectivity index (χ4v) is 2.52. The Morgan fingerprint density at radius 3 is 2.56 bits per heavy atom. The van der Waals surface area contributed by atoms with Crippen molar-refractivity contribution in [3.63, 3.8) is 0 Å². The molecule has 1 saturated heterocycles. The van der Waals surface area contributed by atoms with Crippen LogP contribution in [0.3, 0.4) is 0 Å². The molecule has 0 radical (unpaired) electrons. The maximum Gasteiger partial charge on any atom is 0.410 e. The zero-order valence-corrected chi connectivity index (χ0v) is 12.2. The van der Waals surface area contributed by atoms with Crippen molar-refractivity contribution in [2.75, 3.05) is 13.1 Å². The molecule has 0 aromatic carbocycles. The molecule has 1 fully saturated rings. The van der Waals surface area contributed by atoms with Gasteiger partial charge in [-0.05, 0) is 39.0 Å². The summed E-state index contributed by atoms with van der Waals surface area (Å²) in [5, 5.41) is 0. The van der Waals surface area contributed by atoms with E-state index in [4.69, 9.17) is 11.2 Å². The highest BCUT2D eigenvalue weighted by atomic mass is 16.6. The standard InChI is InChI=1S/C15H25NO2/c1-7-11(2)13-8-9-16(10-12(13)3)14(17)18-15(4,5)6/h1,11-13H,8-10H2,2-6H3. The lowest BCUT2D eigenvalue weighted by atomic mass is 9.79. The molecule has 18 heavy (non-hydrogen) atoms. The number of piperidine rings is 1. The average Bonchev–Trinajstić information content (AvgIpc) is 2.25. The second-order valence-electron chi connectivity index (χ2n) is 6.31. The molecule has 0 bridgehead atoms. The van der Waals surface area contributed by atoms with Gasteiger partial charge in [-0.25, -0.2) is 4.79 Å². The Morgan fingerprint density at radius 1 is 1.50 bits per heavy atom. The van der Waals surface area contributed by atoms with Gasteiger partial charge in [-0.1, -0.05) is 13.8 Å². The molecule has 0 aliphatic carbocycles. The molecule has 3 atom stereocenters. The maximum absolute atomic E-state index is 12.0. The van der Waals surface area contributed by atoms with Crippen LogP contribution >= 0.6 is 0 Å². The Kier molecular flexibility index (Phi) is 4.67. The summed E-state index contributed by atoms with van der Waals surface area (Å²) < 4.78 is 5.39. The van der Waals surface area contributed by atoms with Gasteiger partial charge < -0.3 is 9.64 Å². The molecular formula is C15H25NO2. The Morgan fingerprint density at radius 2 is 2.11 bits per heavy atom. The number of ether oxygens (including phenoxy) is 1. The molecule has 0 spiro atoms. The first-order valence-corrected chi connectivity index (χ1v) is 6.68. The molecule has 1 aliphatic rings. The molecule has 1 aliphatic heterocycles. The zero-order valence-electron chi connectivity index (χ0n) is 12.2. The van der Waals surface area contributed by atoms with Gasteiger partial charge in [0.15, 0.2) is 0 Å². The largest absolute Gasteiger partial charge is 0.444 e. The number of rotatable bonds is 1. The predicted molar refractivity (Wildman–Crippen MR) is 73.1 cm³/mol. The first-order valence-electron chi connectivity index (χ1n) is 6.68. The van der Waals surface area contributed by atoms with Gasteiger partial charge >= 0.3 is 6.09 Å². The van der Waals surface area contributed by atoms with Crippen LogP contribution < -0.4 is 0 Å².